The molecule has 0 radical (unpaired) electrons. The van der Waals surface area contributed by atoms with Crippen molar-refractivity contribution >= 4 is 21.7 Å². The van der Waals surface area contributed by atoms with Gasteiger partial charge in [0.1, 0.15) is 12.3 Å². The molecule has 2 aromatic rings. The summed E-state index contributed by atoms with van der Waals surface area (Å²) in [6.45, 7) is 5.02. The van der Waals surface area contributed by atoms with Crippen LogP contribution in [0.15, 0.2) is 41.3 Å². The van der Waals surface area contributed by atoms with Crippen LogP contribution in [-0.2, 0) is 19.6 Å². The Kier molecular flexibility index (Phi) is 5.92. The third-order valence-corrected chi connectivity index (χ3v) is 5.84. The van der Waals surface area contributed by atoms with Crippen LogP contribution in [0.3, 0.4) is 0 Å². The van der Waals surface area contributed by atoms with Crippen molar-refractivity contribution in [3.8, 4) is 5.75 Å². The zero-order valence-electron chi connectivity index (χ0n) is 15.6. The number of sulfonamides is 1. The second-order valence-corrected chi connectivity index (χ2v) is 7.87. The van der Waals surface area contributed by atoms with Crippen LogP contribution in [0.4, 0.5) is 5.69 Å². The van der Waals surface area contributed by atoms with Gasteiger partial charge >= 0.3 is 5.97 Å². The number of methoxy groups -OCH3 is 2. The van der Waals surface area contributed by atoms with E-state index in [4.69, 9.17) is 9.47 Å². The Labute approximate surface area is 154 Å². The SMILES string of the molecule is COC(=O)CN(c1cc(C)ccc1C)S(=O)(=O)c1ccc(OC)c(C)c1. The highest BCUT2D eigenvalue weighted by molar-refractivity contribution is 7.92. The van der Waals surface area contributed by atoms with Crippen molar-refractivity contribution < 1.29 is 22.7 Å². The quantitative estimate of drug-likeness (QED) is 0.724. The van der Waals surface area contributed by atoms with Crippen LogP contribution in [0, 0.1) is 20.8 Å². The Hall–Kier alpha value is -2.54. The first-order chi connectivity index (χ1) is 12.2. The lowest BCUT2D eigenvalue weighted by Gasteiger charge is -2.25. The van der Waals surface area contributed by atoms with Gasteiger partial charge in [-0.1, -0.05) is 12.1 Å². The first-order valence-corrected chi connectivity index (χ1v) is 9.46. The monoisotopic (exact) mass is 377 g/mol. The third-order valence-electron chi connectivity index (χ3n) is 4.09. The van der Waals surface area contributed by atoms with E-state index in [1.54, 1.807) is 26.0 Å². The number of rotatable bonds is 6. The van der Waals surface area contributed by atoms with Crippen molar-refractivity contribution in [3.63, 3.8) is 0 Å². The smallest absolute Gasteiger partial charge is 0.326 e. The molecule has 7 heteroatoms. The zero-order valence-corrected chi connectivity index (χ0v) is 16.4. The molecule has 0 saturated carbocycles. The highest BCUT2D eigenvalue weighted by Gasteiger charge is 2.29. The summed E-state index contributed by atoms with van der Waals surface area (Å²) in [5, 5.41) is 0. The predicted molar refractivity (Wildman–Crippen MR) is 100 cm³/mol. The minimum Gasteiger partial charge on any atom is -0.496 e. The van der Waals surface area contributed by atoms with E-state index in [0.717, 1.165) is 15.4 Å². The van der Waals surface area contributed by atoms with Crippen molar-refractivity contribution in [2.75, 3.05) is 25.1 Å². The molecule has 6 nitrogen and oxygen atoms in total. The van der Waals surface area contributed by atoms with Gasteiger partial charge in [-0.05, 0) is 61.7 Å². The molecule has 0 atom stereocenters. The van der Waals surface area contributed by atoms with Crippen LogP contribution in [0.25, 0.3) is 0 Å². The van der Waals surface area contributed by atoms with Gasteiger partial charge in [0.15, 0.2) is 0 Å². The number of ether oxygens (including phenoxy) is 2. The summed E-state index contributed by atoms with van der Waals surface area (Å²) in [6.07, 6.45) is 0. The summed E-state index contributed by atoms with van der Waals surface area (Å²) in [4.78, 5) is 12.0. The summed E-state index contributed by atoms with van der Waals surface area (Å²) in [7, 11) is -1.22. The van der Waals surface area contributed by atoms with Crippen LogP contribution >= 0.6 is 0 Å². The molecular weight excluding hydrogens is 354 g/mol. The molecule has 2 aromatic carbocycles. The number of anilines is 1. The number of nitrogens with zero attached hydrogens (tertiary/aromatic N) is 1. The lowest BCUT2D eigenvalue weighted by atomic mass is 10.1. The van der Waals surface area contributed by atoms with Crippen molar-refractivity contribution in [1.29, 1.82) is 0 Å². The van der Waals surface area contributed by atoms with E-state index < -0.39 is 22.5 Å². The molecule has 0 aromatic heterocycles. The zero-order chi connectivity index (χ0) is 19.5. The summed E-state index contributed by atoms with van der Waals surface area (Å²) >= 11 is 0. The Balaban J connectivity index is 2.61. The lowest BCUT2D eigenvalue weighted by molar-refractivity contribution is -0.138. The average molecular weight is 377 g/mol. The largest absolute Gasteiger partial charge is 0.496 e. The predicted octanol–water partition coefficient (Wildman–Crippen LogP) is 2.99. The van der Waals surface area contributed by atoms with E-state index in [1.165, 1.54) is 26.4 Å². The summed E-state index contributed by atoms with van der Waals surface area (Å²) < 4.78 is 37.5. The highest BCUT2D eigenvalue weighted by Crippen LogP contribution is 2.30. The number of aryl methyl sites for hydroxylation is 3. The maximum atomic E-state index is 13.3. The van der Waals surface area contributed by atoms with Crippen molar-refractivity contribution in [1.82, 2.24) is 0 Å². The van der Waals surface area contributed by atoms with Gasteiger partial charge in [0.25, 0.3) is 10.0 Å². The minimum absolute atomic E-state index is 0.0839. The molecule has 0 spiro atoms. The average Bonchev–Trinajstić information content (AvgIpc) is 2.61. The Bertz CT molecular complexity index is 922. The minimum atomic E-state index is -3.97. The molecule has 0 bridgehead atoms. The molecule has 0 heterocycles. The molecule has 0 aliphatic heterocycles. The second-order valence-electron chi connectivity index (χ2n) is 6.01. The first kappa shape index (κ1) is 19.8. The van der Waals surface area contributed by atoms with E-state index in [1.807, 2.05) is 19.1 Å². The van der Waals surface area contributed by atoms with Gasteiger partial charge in [0.05, 0.1) is 24.8 Å². The van der Waals surface area contributed by atoms with E-state index >= 15 is 0 Å². The highest BCUT2D eigenvalue weighted by atomic mass is 32.2. The molecule has 0 aliphatic carbocycles. The normalized spacial score (nSPS) is 11.1. The number of esters is 1. The summed E-state index contributed by atoms with van der Waals surface area (Å²) in [6, 6.07) is 10.1. The van der Waals surface area contributed by atoms with Crippen molar-refractivity contribution in [2.45, 2.75) is 25.7 Å². The maximum Gasteiger partial charge on any atom is 0.326 e. The second kappa shape index (κ2) is 7.78. The van der Waals surface area contributed by atoms with Gasteiger partial charge in [-0.15, -0.1) is 0 Å². The molecular formula is C19H23NO5S. The van der Waals surface area contributed by atoms with Gasteiger partial charge in [0, 0.05) is 0 Å². The molecule has 140 valence electrons. The van der Waals surface area contributed by atoms with Gasteiger partial charge in [-0.2, -0.15) is 0 Å². The molecule has 0 saturated heterocycles. The molecule has 0 fully saturated rings. The Morgan fingerprint density at radius 1 is 1.00 bits per heavy atom. The van der Waals surface area contributed by atoms with Gasteiger partial charge < -0.3 is 9.47 Å². The van der Waals surface area contributed by atoms with Crippen LogP contribution in [0.2, 0.25) is 0 Å². The van der Waals surface area contributed by atoms with Gasteiger partial charge in [-0.3, -0.25) is 9.10 Å². The van der Waals surface area contributed by atoms with Crippen molar-refractivity contribution in [3.05, 3.63) is 53.1 Å². The number of hydrogen-bond donors (Lipinski definition) is 0. The fourth-order valence-electron chi connectivity index (χ4n) is 2.61. The maximum absolute atomic E-state index is 13.3. The molecule has 0 amide bonds. The number of carbonyl (C=O) groups is 1. The standard InChI is InChI=1S/C19H23NO5S/c1-13-6-7-14(2)17(10-13)20(12-19(21)25-5)26(22,23)16-8-9-18(24-4)15(3)11-16/h6-11H,12H2,1-5H3. The van der Waals surface area contributed by atoms with Crippen LogP contribution in [0.1, 0.15) is 16.7 Å². The number of benzene rings is 2. The van der Waals surface area contributed by atoms with E-state index in [9.17, 15) is 13.2 Å². The first-order valence-electron chi connectivity index (χ1n) is 8.02. The fourth-order valence-corrected chi connectivity index (χ4v) is 4.16. The Morgan fingerprint density at radius 2 is 1.69 bits per heavy atom. The van der Waals surface area contributed by atoms with Gasteiger partial charge in [0.2, 0.25) is 0 Å². The molecule has 0 N–H and O–H groups in total. The van der Waals surface area contributed by atoms with Gasteiger partial charge in [-0.25, -0.2) is 8.42 Å². The molecule has 0 unspecified atom stereocenters. The van der Waals surface area contributed by atoms with E-state index in [2.05, 4.69) is 0 Å². The fraction of sp³-hybridized carbons (Fsp3) is 0.316. The van der Waals surface area contributed by atoms with Crippen molar-refractivity contribution in [2.24, 2.45) is 0 Å². The lowest BCUT2D eigenvalue weighted by Crippen LogP contribution is -2.36. The summed E-state index contributed by atoms with van der Waals surface area (Å²) in [5.41, 5.74) is 2.77. The molecule has 26 heavy (non-hydrogen) atoms. The van der Waals surface area contributed by atoms with Crippen LogP contribution < -0.4 is 9.04 Å². The Morgan fingerprint density at radius 3 is 2.27 bits per heavy atom. The van der Waals surface area contributed by atoms with Crippen LogP contribution in [0.5, 0.6) is 5.75 Å². The topological polar surface area (TPSA) is 72.9 Å². The number of carbonyl (C=O) groups excluding carboxylic acids is 1. The summed E-state index contributed by atoms with van der Waals surface area (Å²) in [5.74, 6) is -0.0464. The third kappa shape index (κ3) is 3.99. The van der Waals surface area contributed by atoms with Crippen LogP contribution in [-0.4, -0.2) is 35.2 Å². The van der Waals surface area contributed by atoms with E-state index in [0.29, 0.717) is 17.0 Å². The van der Waals surface area contributed by atoms with E-state index in [-0.39, 0.29) is 4.90 Å². The molecule has 0 aliphatic rings. The number of hydrogen-bond acceptors (Lipinski definition) is 5. The molecule has 2 rings (SSSR count).